The second-order valence-corrected chi connectivity index (χ2v) is 3.32. The van der Waals surface area contributed by atoms with Crippen molar-refractivity contribution in [1.29, 1.82) is 0 Å². The van der Waals surface area contributed by atoms with Gasteiger partial charge in [0, 0.05) is 18.2 Å². The van der Waals surface area contributed by atoms with Crippen LogP contribution in [0.2, 0.25) is 0 Å². The molecule has 1 heterocycles. The van der Waals surface area contributed by atoms with Crippen molar-refractivity contribution in [1.82, 2.24) is 0 Å². The zero-order valence-corrected chi connectivity index (χ0v) is 8.24. The van der Waals surface area contributed by atoms with Crippen molar-refractivity contribution < 1.29 is 13.3 Å². The standard InChI is InChI=1S/C12H10F2N/c1-15-7-3-2-4-12(15)10-6-5-9(13)8-11(10)14/h2-8H,1H3/q+1. The molecule has 76 valence electrons. The lowest BCUT2D eigenvalue weighted by Gasteiger charge is -2.01. The molecule has 3 heteroatoms. The van der Waals surface area contributed by atoms with Gasteiger partial charge in [-0.25, -0.2) is 13.3 Å². The van der Waals surface area contributed by atoms with E-state index in [9.17, 15) is 8.78 Å². The molecular weight excluding hydrogens is 196 g/mol. The highest BCUT2D eigenvalue weighted by molar-refractivity contribution is 5.56. The van der Waals surface area contributed by atoms with Crippen LogP contribution in [0, 0.1) is 11.6 Å². The molecule has 0 spiro atoms. The van der Waals surface area contributed by atoms with Gasteiger partial charge in [0.25, 0.3) is 0 Å². The molecule has 0 aliphatic heterocycles. The zero-order chi connectivity index (χ0) is 10.8. The maximum Gasteiger partial charge on any atom is 0.215 e. The largest absolute Gasteiger partial charge is 0.215 e. The van der Waals surface area contributed by atoms with Gasteiger partial charge in [-0.3, -0.25) is 0 Å². The second-order valence-electron chi connectivity index (χ2n) is 3.32. The Bertz CT molecular complexity index is 495. The molecule has 0 unspecified atom stereocenters. The summed E-state index contributed by atoms with van der Waals surface area (Å²) in [6.45, 7) is 0. The van der Waals surface area contributed by atoms with Crippen LogP contribution in [0.15, 0.2) is 42.6 Å². The van der Waals surface area contributed by atoms with Gasteiger partial charge < -0.3 is 0 Å². The van der Waals surface area contributed by atoms with Crippen molar-refractivity contribution in [2.24, 2.45) is 7.05 Å². The normalized spacial score (nSPS) is 10.3. The molecule has 1 aromatic carbocycles. The van der Waals surface area contributed by atoms with Crippen LogP contribution in [-0.4, -0.2) is 0 Å². The minimum absolute atomic E-state index is 0.402. The summed E-state index contributed by atoms with van der Waals surface area (Å²) in [5.41, 5.74) is 1.12. The SMILES string of the molecule is C[n+]1ccccc1-c1ccc(F)cc1F. The van der Waals surface area contributed by atoms with Gasteiger partial charge in [0.15, 0.2) is 6.20 Å². The zero-order valence-electron chi connectivity index (χ0n) is 8.24. The molecule has 15 heavy (non-hydrogen) atoms. The van der Waals surface area contributed by atoms with E-state index in [2.05, 4.69) is 0 Å². The van der Waals surface area contributed by atoms with E-state index < -0.39 is 11.6 Å². The van der Waals surface area contributed by atoms with Gasteiger partial charge in [-0.05, 0) is 18.2 Å². The lowest BCUT2D eigenvalue weighted by atomic mass is 10.1. The van der Waals surface area contributed by atoms with E-state index >= 15 is 0 Å². The van der Waals surface area contributed by atoms with Gasteiger partial charge in [-0.1, -0.05) is 0 Å². The summed E-state index contributed by atoms with van der Waals surface area (Å²) in [4.78, 5) is 0. The highest BCUT2D eigenvalue weighted by Gasteiger charge is 2.13. The van der Waals surface area contributed by atoms with Crippen molar-refractivity contribution in [3.8, 4) is 11.3 Å². The average molecular weight is 206 g/mol. The fourth-order valence-corrected chi connectivity index (χ4v) is 1.50. The minimum atomic E-state index is -0.560. The third-order valence-corrected chi connectivity index (χ3v) is 2.26. The Morgan fingerprint density at radius 1 is 1.07 bits per heavy atom. The van der Waals surface area contributed by atoms with Crippen LogP contribution in [0.5, 0.6) is 0 Å². The van der Waals surface area contributed by atoms with Gasteiger partial charge in [0.1, 0.15) is 18.7 Å². The van der Waals surface area contributed by atoms with Crippen molar-refractivity contribution in [2.75, 3.05) is 0 Å². The lowest BCUT2D eigenvalue weighted by Crippen LogP contribution is -2.30. The van der Waals surface area contributed by atoms with Gasteiger partial charge in [0.05, 0.1) is 5.56 Å². The van der Waals surface area contributed by atoms with E-state index in [1.54, 1.807) is 10.6 Å². The number of hydrogen-bond donors (Lipinski definition) is 0. The third-order valence-electron chi connectivity index (χ3n) is 2.26. The Balaban J connectivity index is 2.60. The lowest BCUT2D eigenvalue weighted by molar-refractivity contribution is -0.660. The second kappa shape index (κ2) is 3.77. The Labute approximate surface area is 86.6 Å². The first kappa shape index (κ1) is 9.77. The monoisotopic (exact) mass is 206 g/mol. The van der Waals surface area contributed by atoms with Gasteiger partial charge in [0.2, 0.25) is 5.69 Å². The van der Waals surface area contributed by atoms with E-state index in [1.807, 2.05) is 25.4 Å². The molecule has 2 aromatic rings. The molecule has 0 amide bonds. The fraction of sp³-hybridized carbons (Fsp3) is 0.0833. The number of pyridine rings is 1. The fourth-order valence-electron chi connectivity index (χ4n) is 1.50. The van der Waals surface area contributed by atoms with Gasteiger partial charge in [-0.15, -0.1) is 0 Å². The molecule has 0 saturated carbocycles. The number of hydrogen-bond acceptors (Lipinski definition) is 0. The molecular formula is C12H10F2N+. The molecule has 0 aliphatic carbocycles. The molecule has 0 bridgehead atoms. The van der Waals surface area contributed by atoms with Crippen LogP contribution in [0.4, 0.5) is 8.78 Å². The van der Waals surface area contributed by atoms with Crippen molar-refractivity contribution in [2.45, 2.75) is 0 Å². The van der Waals surface area contributed by atoms with Crippen molar-refractivity contribution >= 4 is 0 Å². The Hall–Kier alpha value is -1.77. The first-order valence-electron chi connectivity index (χ1n) is 4.58. The van der Waals surface area contributed by atoms with Crippen LogP contribution in [0.1, 0.15) is 0 Å². The maximum absolute atomic E-state index is 13.5. The first-order chi connectivity index (χ1) is 7.18. The Kier molecular flexibility index (Phi) is 2.46. The molecule has 0 saturated heterocycles. The minimum Gasteiger partial charge on any atom is -0.207 e. The Morgan fingerprint density at radius 3 is 2.53 bits per heavy atom. The highest BCUT2D eigenvalue weighted by Crippen LogP contribution is 2.19. The van der Waals surface area contributed by atoms with E-state index in [0.717, 1.165) is 11.8 Å². The molecule has 0 fully saturated rings. The van der Waals surface area contributed by atoms with E-state index in [0.29, 0.717) is 5.56 Å². The number of aryl methyl sites for hydroxylation is 1. The molecule has 0 radical (unpaired) electrons. The third kappa shape index (κ3) is 1.86. The summed E-state index contributed by atoms with van der Waals surface area (Å²) in [7, 11) is 1.82. The summed E-state index contributed by atoms with van der Waals surface area (Å²) >= 11 is 0. The predicted octanol–water partition coefficient (Wildman–Crippen LogP) is 2.46. The molecule has 0 aliphatic rings. The van der Waals surface area contributed by atoms with Gasteiger partial charge >= 0.3 is 0 Å². The van der Waals surface area contributed by atoms with Crippen LogP contribution in [0.3, 0.4) is 0 Å². The quantitative estimate of drug-likeness (QED) is 0.631. The van der Waals surface area contributed by atoms with Gasteiger partial charge in [-0.2, -0.15) is 0 Å². The smallest absolute Gasteiger partial charge is 0.207 e. The maximum atomic E-state index is 13.5. The van der Waals surface area contributed by atoms with Crippen molar-refractivity contribution in [3.63, 3.8) is 0 Å². The number of rotatable bonds is 1. The topological polar surface area (TPSA) is 3.88 Å². The predicted molar refractivity (Wildman–Crippen MR) is 53.0 cm³/mol. The number of nitrogens with zero attached hydrogens (tertiary/aromatic N) is 1. The average Bonchev–Trinajstić information content (AvgIpc) is 2.20. The molecule has 0 N–H and O–H groups in total. The molecule has 0 atom stereocenters. The molecule has 1 nitrogen and oxygen atoms in total. The van der Waals surface area contributed by atoms with Crippen LogP contribution in [-0.2, 0) is 7.05 Å². The van der Waals surface area contributed by atoms with E-state index in [4.69, 9.17) is 0 Å². The van der Waals surface area contributed by atoms with E-state index in [-0.39, 0.29) is 0 Å². The number of halogens is 2. The summed E-state index contributed by atoms with van der Waals surface area (Å²) in [5, 5.41) is 0. The van der Waals surface area contributed by atoms with Crippen LogP contribution in [0.25, 0.3) is 11.3 Å². The number of aromatic nitrogens is 1. The summed E-state index contributed by atoms with van der Waals surface area (Å²) in [6.07, 6.45) is 1.82. The summed E-state index contributed by atoms with van der Waals surface area (Å²) in [5.74, 6) is -1.10. The van der Waals surface area contributed by atoms with Crippen LogP contribution >= 0.6 is 0 Å². The number of benzene rings is 1. The first-order valence-corrected chi connectivity index (χ1v) is 4.58. The Morgan fingerprint density at radius 2 is 1.87 bits per heavy atom. The van der Waals surface area contributed by atoms with Crippen molar-refractivity contribution in [3.05, 3.63) is 54.2 Å². The summed E-state index contributed by atoms with van der Waals surface area (Å²) < 4.78 is 28.0. The van der Waals surface area contributed by atoms with E-state index in [1.165, 1.54) is 12.1 Å². The molecule has 1 aromatic heterocycles. The molecule has 2 rings (SSSR count). The van der Waals surface area contributed by atoms with Crippen LogP contribution < -0.4 is 4.57 Å². The summed E-state index contributed by atoms with van der Waals surface area (Å²) in [6, 6.07) is 9.05. The highest BCUT2D eigenvalue weighted by atomic mass is 19.1.